The average Bonchev–Trinajstić information content (AvgIpc) is 3.57. The topological polar surface area (TPSA) is 117 Å². The third-order valence-corrected chi connectivity index (χ3v) is 8.84. The summed E-state index contributed by atoms with van der Waals surface area (Å²) >= 11 is 6.69. The molecule has 2 aliphatic heterocycles. The van der Waals surface area contributed by atoms with Crippen molar-refractivity contribution in [2.75, 3.05) is 19.6 Å². The minimum Gasteiger partial charge on any atom is -0.487 e. The van der Waals surface area contributed by atoms with Crippen molar-refractivity contribution in [3.05, 3.63) is 58.6 Å². The molecule has 1 saturated heterocycles. The summed E-state index contributed by atoms with van der Waals surface area (Å²) in [6.07, 6.45) is 9.87. The molecule has 11 heteroatoms. The van der Waals surface area contributed by atoms with Crippen molar-refractivity contribution in [3.63, 3.8) is 0 Å². The zero-order valence-electron chi connectivity index (χ0n) is 22.2. The molecule has 0 radical (unpaired) electrons. The van der Waals surface area contributed by atoms with Gasteiger partial charge in [-0.2, -0.15) is 0 Å². The fraction of sp³-hybridized carbons (Fsp3) is 0.483. The standard InChI is InChI=1S/C29H32ClN5O5/c30-22-8-9-24(40-17-18-15-34-13-4-11-31-29(34)32-18)26-21(22)10-14-35(23(26)16-33-12-3-7-25(33)36)27(37)19-5-1-2-6-20(19)28(38)39/h4,8-9,11,13,15,19-20,23H,1-3,5-7,10,12,14,16-17H2,(H,38,39)/t19-,20+,23?/m1/s1. The molecule has 210 valence electrons. The molecule has 0 spiro atoms. The zero-order chi connectivity index (χ0) is 27.8. The summed E-state index contributed by atoms with van der Waals surface area (Å²) in [5.41, 5.74) is 2.38. The van der Waals surface area contributed by atoms with Gasteiger partial charge in [-0.25, -0.2) is 9.97 Å². The van der Waals surface area contributed by atoms with E-state index in [0.29, 0.717) is 67.6 Å². The first kappa shape index (κ1) is 26.6. The third-order valence-electron chi connectivity index (χ3n) is 8.48. The monoisotopic (exact) mass is 565 g/mol. The predicted octanol–water partition coefficient (Wildman–Crippen LogP) is 3.90. The van der Waals surface area contributed by atoms with Crippen LogP contribution in [0.25, 0.3) is 5.78 Å². The minimum atomic E-state index is -0.921. The van der Waals surface area contributed by atoms with Gasteiger partial charge in [0, 0.05) is 55.2 Å². The summed E-state index contributed by atoms with van der Waals surface area (Å²) in [7, 11) is 0. The summed E-state index contributed by atoms with van der Waals surface area (Å²) in [6.45, 7) is 1.53. The van der Waals surface area contributed by atoms with Crippen molar-refractivity contribution in [1.29, 1.82) is 0 Å². The fourth-order valence-electron chi connectivity index (χ4n) is 6.50. The molecule has 2 fully saturated rings. The smallest absolute Gasteiger partial charge is 0.307 e. The van der Waals surface area contributed by atoms with Crippen LogP contribution in [0.4, 0.5) is 0 Å². The van der Waals surface area contributed by atoms with Crippen LogP contribution in [0.1, 0.15) is 61.4 Å². The number of aliphatic carboxylic acids is 1. The van der Waals surface area contributed by atoms with E-state index in [1.807, 2.05) is 28.9 Å². The molecule has 3 aromatic rings. The van der Waals surface area contributed by atoms with Gasteiger partial charge in [0.15, 0.2) is 0 Å². The number of rotatable bonds is 7. The molecule has 1 saturated carbocycles. The number of ether oxygens (including phenoxy) is 1. The Balaban J connectivity index is 1.35. The number of hydrogen-bond acceptors (Lipinski definition) is 6. The summed E-state index contributed by atoms with van der Waals surface area (Å²) in [5.74, 6) is -1.15. The van der Waals surface area contributed by atoms with Crippen LogP contribution >= 0.6 is 11.6 Å². The lowest BCUT2D eigenvalue weighted by atomic mass is 9.77. The maximum absolute atomic E-state index is 14.1. The molecule has 1 aliphatic carbocycles. The lowest BCUT2D eigenvalue weighted by Gasteiger charge is -2.43. The Hall–Kier alpha value is -3.66. The van der Waals surface area contributed by atoms with Crippen molar-refractivity contribution >= 4 is 35.2 Å². The Morgan fingerprint density at radius 3 is 2.67 bits per heavy atom. The lowest BCUT2D eigenvalue weighted by Crippen LogP contribution is -2.50. The van der Waals surface area contributed by atoms with Crippen LogP contribution in [-0.4, -0.2) is 66.7 Å². The molecule has 2 aromatic heterocycles. The summed E-state index contributed by atoms with van der Waals surface area (Å²) in [6, 6.07) is 4.94. The van der Waals surface area contributed by atoms with Crippen LogP contribution in [-0.2, 0) is 27.4 Å². The SMILES string of the molecule is O=C(O)[C@H]1CCCC[C@H]1C(=O)N1CCc2c(Cl)ccc(OCc3cn4cccnc4n3)c2C1CN1CCCC1=O. The number of carbonyl (C=O) groups excluding carboxylic acids is 2. The van der Waals surface area contributed by atoms with E-state index >= 15 is 0 Å². The molecular weight excluding hydrogens is 534 g/mol. The van der Waals surface area contributed by atoms with Gasteiger partial charge >= 0.3 is 5.97 Å². The van der Waals surface area contributed by atoms with Crippen LogP contribution in [0, 0.1) is 11.8 Å². The Morgan fingerprint density at radius 1 is 1.10 bits per heavy atom. The number of nitrogens with zero attached hydrogens (tertiary/aromatic N) is 5. The van der Waals surface area contributed by atoms with E-state index in [-0.39, 0.29) is 18.4 Å². The number of carboxylic acids is 1. The summed E-state index contributed by atoms with van der Waals surface area (Å²) in [4.78, 5) is 51.2. The van der Waals surface area contributed by atoms with Gasteiger partial charge in [-0.1, -0.05) is 24.4 Å². The van der Waals surface area contributed by atoms with Crippen LogP contribution in [0.3, 0.4) is 0 Å². The highest BCUT2D eigenvalue weighted by molar-refractivity contribution is 6.31. The molecule has 10 nitrogen and oxygen atoms in total. The van der Waals surface area contributed by atoms with Crippen LogP contribution < -0.4 is 4.74 Å². The van der Waals surface area contributed by atoms with Gasteiger partial charge in [0.05, 0.1) is 23.6 Å². The van der Waals surface area contributed by atoms with Crippen LogP contribution in [0.5, 0.6) is 5.75 Å². The molecule has 0 bridgehead atoms. The zero-order valence-corrected chi connectivity index (χ0v) is 22.9. The number of aromatic nitrogens is 3. The Bertz CT molecular complexity index is 1420. The Morgan fingerprint density at radius 2 is 1.93 bits per heavy atom. The lowest BCUT2D eigenvalue weighted by molar-refractivity contribution is -0.154. The van der Waals surface area contributed by atoms with E-state index in [9.17, 15) is 19.5 Å². The number of carboxylic acid groups (broad SMARTS) is 1. The molecule has 1 unspecified atom stereocenters. The first-order chi connectivity index (χ1) is 19.4. The second kappa shape index (κ2) is 11.1. The van der Waals surface area contributed by atoms with Crippen molar-refractivity contribution in [3.8, 4) is 5.75 Å². The van der Waals surface area contributed by atoms with E-state index in [2.05, 4.69) is 9.97 Å². The Kier molecular flexibility index (Phi) is 7.35. The molecule has 1 N–H and O–H groups in total. The van der Waals surface area contributed by atoms with E-state index in [0.717, 1.165) is 30.4 Å². The highest BCUT2D eigenvalue weighted by Gasteiger charge is 2.43. The van der Waals surface area contributed by atoms with Crippen molar-refractivity contribution < 1.29 is 24.2 Å². The summed E-state index contributed by atoms with van der Waals surface area (Å²) in [5, 5.41) is 10.5. The van der Waals surface area contributed by atoms with E-state index in [1.54, 1.807) is 22.1 Å². The van der Waals surface area contributed by atoms with Gasteiger partial charge in [-0.15, -0.1) is 0 Å². The molecule has 3 aliphatic rings. The average molecular weight is 566 g/mol. The van der Waals surface area contributed by atoms with Crippen molar-refractivity contribution in [2.24, 2.45) is 11.8 Å². The number of halogens is 1. The minimum absolute atomic E-state index is 0.0577. The van der Waals surface area contributed by atoms with E-state index in [1.165, 1.54) is 0 Å². The van der Waals surface area contributed by atoms with Gasteiger partial charge in [0.25, 0.3) is 0 Å². The highest BCUT2D eigenvalue weighted by atomic mass is 35.5. The second-order valence-electron chi connectivity index (χ2n) is 10.9. The third kappa shape index (κ3) is 5.00. The van der Waals surface area contributed by atoms with Crippen LogP contribution in [0.15, 0.2) is 36.8 Å². The maximum Gasteiger partial charge on any atom is 0.307 e. The van der Waals surface area contributed by atoms with Gasteiger partial charge < -0.3 is 19.6 Å². The largest absolute Gasteiger partial charge is 0.487 e. The molecule has 2 amide bonds. The predicted molar refractivity (Wildman–Crippen MR) is 146 cm³/mol. The van der Waals surface area contributed by atoms with Gasteiger partial charge in [0.2, 0.25) is 17.6 Å². The fourth-order valence-corrected chi connectivity index (χ4v) is 6.76. The van der Waals surface area contributed by atoms with Gasteiger partial charge in [-0.3, -0.25) is 18.8 Å². The molecule has 3 atom stereocenters. The van der Waals surface area contributed by atoms with Crippen molar-refractivity contribution in [1.82, 2.24) is 24.2 Å². The number of fused-ring (bicyclic) bond motifs is 2. The first-order valence-corrected chi connectivity index (χ1v) is 14.3. The number of hydrogen-bond donors (Lipinski definition) is 1. The number of carbonyl (C=O) groups is 3. The van der Waals surface area contributed by atoms with Crippen LogP contribution in [0.2, 0.25) is 5.02 Å². The Labute approximate surface area is 236 Å². The maximum atomic E-state index is 14.1. The number of imidazole rings is 1. The molecular formula is C29H32ClN5O5. The summed E-state index contributed by atoms with van der Waals surface area (Å²) < 4.78 is 8.15. The molecule has 6 rings (SSSR count). The normalized spacial score (nSPS) is 22.9. The number of amides is 2. The number of likely N-dealkylation sites (tertiary alicyclic amines) is 1. The van der Waals surface area contributed by atoms with Gasteiger partial charge in [-0.05, 0) is 49.4 Å². The van der Waals surface area contributed by atoms with Crippen molar-refractivity contribution in [2.45, 2.75) is 57.6 Å². The van der Waals surface area contributed by atoms with Gasteiger partial charge in [0.1, 0.15) is 12.4 Å². The second-order valence-corrected chi connectivity index (χ2v) is 11.3. The quantitative estimate of drug-likeness (QED) is 0.461. The van der Waals surface area contributed by atoms with E-state index in [4.69, 9.17) is 16.3 Å². The highest BCUT2D eigenvalue weighted by Crippen LogP contribution is 2.43. The van der Waals surface area contributed by atoms with E-state index < -0.39 is 23.8 Å². The first-order valence-electron chi connectivity index (χ1n) is 13.9. The number of benzene rings is 1. The molecule has 1 aromatic carbocycles. The molecule has 4 heterocycles. The molecule has 40 heavy (non-hydrogen) atoms.